The Balaban J connectivity index is 1.33. The van der Waals surface area contributed by atoms with Crippen LogP contribution >= 0.6 is 0 Å². The van der Waals surface area contributed by atoms with Crippen LogP contribution in [-0.4, -0.2) is 193 Å². The first-order chi connectivity index (χ1) is 38.3. The number of aliphatic hydroxyl groups excluding tert-OH is 11. The highest BCUT2D eigenvalue weighted by atomic mass is 16.8. The predicted molar refractivity (Wildman–Crippen MR) is 300 cm³/mol. The number of nitrogens with one attached hydrogen (secondary N) is 1. The molecule has 3 aliphatic heterocycles. The fourth-order valence-corrected chi connectivity index (χ4v) is 9.15. The molecule has 12 N–H and O–H groups in total. The van der Waals surface area contributed by atoms with Gasteiger partial charge in [0.05, 0.1) is 38.6 Å². The van der Waals surface area contributed by atoms with Crippen molar-refractivity contribution in [3.63, 3.8) is 0 Å². The van der Waals surface area contributed by atoms with E-state index in [2.05, 4.69) is 109 Å². The SMILES string of the molecule is CC/C=C\C/C=C\C/C=C\C/C=C\C/C=C\C/C=C\C/C=C\C/C=C\CCCCCCCCC(=O)NC(COC1OC(CO)C(OC2OC(CO)C(OC3OC(CO)C(O)C(O)C3O)C(O)C2O)C(O)C1O)C(O)CCCCC. The van der Waals surface area contributed by atoms with Gasteiger partial charge in [0.15, 0.2) is 18.9 Å². The highest BCUT2D eigenvalue weighted by Crippen LogP contribution is 2.33. The topological polar surface area (TPSA) is 307 Å². The van der Waals surface area contributed by atoms with Crippen LogP contribution in [0.5, 0.6) is 0 Å². The lowest BCUT2D eigenvalue weighted by Crippen LogP contribution is -2.66. The normalized spacial score (nSPS) is 31.0. The Bertz CT molecular complexity index is 1820. The van der Waals surface area contributed by atoms with E-state index in [1.54, 1.807) is 0 Å². The molecule has 0 spiro atoms. The molecule has 0 aromatic carbocycles. The highest BCUT2D eigenvalue weighted by Gasteiger charge is 2.53. The molecular formula is C60H99NO18. The molecule has 0 aromatic rings. The van der Waals surface area contributed by atoms with Gasteiger partial charge in [-0.25, -0.2) is 0 Å². The molecule has 3 fully saturated rings. The summed E-state index contributed by atoms with van der Waals surface area (Å²) in [4.78, 5) is 13.1. The Morgan fingerprint density at radius 1 is 0.468 bits per heavy atom. The summed E-state index contributed by atoms with van der Waals surface area (Å²) in [5, 5.41) is 119. The lowest BCUT2D eigenvalue weighted by Gasteiger charge is -2.48. The van der Waals surface area contributed by atoms with Crippen molar-refractivity contribution in [1.82, 2.24) is 5.32 Å². The van der Waals surface area contributed by atoms with Crippen LogP contribution in [0.4, 0.5) is 0 Å². The quantitative estimate of drug-likeness (QED) is 0.0295. The summed E-state index contributed by atoms with van der Waals surface area (Å²) >= 11 is 0. The summed E-state index contributed by atoms with van der Waals surface area (Å²) in [6.07, 6.45) is 26.3. The molecule has 1 amide bonds. The molecule has 19 heteroatoms. The first kappa shape index (κ1) is 70.0. The molecule has 3 rings (SSSR count). The van der Waals surface area contributed by atoms with E-state index in [4.69, 9.17) is 28.4 Å². The van der Waals surface area contributed by atoms with Crippen molar-refractivity contribution in [2.75, 3.05) is 26.4 Å². The maximum absolute atomic E-state index is 13.1. The first-order valence-electron chi connectivity index (χ1n) is 29.0. The minimum Gasteiger partial charge on any atom is -0.394 e. The Morgan fingerprint density at radius 2 is 0.873 bits per heavy atom. The molecule has 0 aromatic heterocycles. The van der Waals surface area contributed by atoms with Gasteiger partial charge < -0.3 is 89.9 Å². The van der Waals surface area contributed by atoms with Crippen LogP contribution in [0.25, 0.3) is 0 Å². The Labute approximate surface area is 469 Å². The van der Waals surface area contributed by atoms with Crippen LogP contribution in [0.3, 0.4) is 0 Å². The van der Waals surface area contributed by atoms with Crippen LogP contribution in [0.15, 0.2) is 97.2 Å². The molecule has 0 saturated carbocycles. The summed E-state index contributed by atoms with van der Waals surface area (Å²) < 4.78 is 34.0. The number of aliphatic hydroxyl groups is 11. The fourth-order valence-electron chi connectivity index (χ4n) is 9.15. The van der Waals surface area contributed by atoms with Crippen LogP contribution in [-0.2, 0) is 33.2 Å². The number of rotatable bonds is 40. The van der Waals surface area contributed by atoms with Crippen molar-refractivity contribution in [3.8, 4) is 0 Å². The van der Waals surface area contributed by atoms with Crippen molar-refractivity contribution in [1.29, 1.82) is 0 Å². The van der Waals surface area contributed by atoms with Gasteiger partial charge in [0.1, 0.15) is 73.2 Å². The monoisotopic (exact) mass is 1120 g/mol. The molecule has 17 unspecified atom stereocenters. The van der Waals surface area contributed by atoms with Gasteiger partial charge in [-0.2, -0.15) is 0 Å². The summed E-state index contributed by atoms with van der Waals surface area (Å²) in [6.45, 7) is 1.43. The van der Waals surface area contributed by atoms with E-state index in [-0.39, 0.29) is 18.9 Å². The zero-order chi connectivity index (χ0) is 57.6. The van der Waals surface area contributed by atoms with Crippen LogP contribution < -0.4 is 5.32 Å². The molecule has 0 aliphatic carbocycles. The number of unbranched alkanes of at least 4 members (excludes halogenated alkanes) is 8. The molecule has 452 valence electrons. The summed E-state index contributed by atoms with van der Waals surface area (Å²) in [6, 6.07) is -0.897. The van der Waals surface area contributed by atoms with E-state index in [0.717, 1.165) is 103 Å². The number of amides is 1. The largest absolute Gasteiger partial charge is 0.394 e. The second-order valence-electron chi connectivity index (χ2n) is 20.4. The molecule has 0 radical (unpaired) electrons. The number of carbonyl (C=O) groups excluding carboxylic acids is 1. The van der Waals surface area contributed by atoms with Crippen LogP contribution in [0, 0.1) is 0 Å². The minimum absolute atomic E-state index is 0.239. The third-order valence-electron chi connectivity index (χ3n) is 13.9. The Morgan fingerprint density at radius 3 is 1.34 bits per heavy atom. The van der Waals surface area contributed by atoms with Gasteiger partial charge in [-0.15, -0.1) is 0 Å². The smallest absolute Gasteiger partial charge is 0.220 e. The van der Waals surface area contributed by atoms with Crippen molar-refractivity contribution in [3.05, 3.63) is 97.2 Å². The van der Waals surface area contributed by atoms with E-state index in [1.807, 2.05) is 6.92 Å². The summed E-state index contributed by atoms with van der Waals surface area (Å²) in [7, 11) is 0. The molecular weight excluding hydrogens is 1020 g/mol. The van der Waals surface area contributed by atoms with Crippen molar-refractivity contribution < 1.29 is 89.4 Å². The first-order valence-corrected chi connectivity index (χ1v) is 29.0. The molecule has 19 nitrogen and oxygen atoms in total. The lowest BCUT2D eigenvalue weighted by molar-refractivity contribution is -0.379. The Kier molecular flexibility index (Phi) is 37.7. The zero-order valence-corrected chi connectivity index (χ0v) is 46.8. The van der Waals surface area contributed by atoms with Gasteiger partial charge in [0, 0.05) is 6.42 Å². The van der Waals surface area contributed by atoms with E-state index in [0.29, 0.717) is 19.3 Å². The third-order valence-corrected chi connectivity index (χ3v) is 13.9. The van der Waals surface area contributed by atoms with E-state index in [9.17, 15) is 61.0 Å². The van der Waals surface area contributed by atoms with Crippen molar-refractivity contribution >= 4 is 5.91 Å². The average Bonchev–Trinajstić information content (AvgIpc) is 3.55. The minimum atomic E-state index is -1.98. The molecule has 0 bridgehead atoms. The van der Waals surface area contributed by atoms with Crippen LogP contribution in [0.1, 0.15) is 142 Å². The average molecular weight is 1120 g/mol. The van der Waals surface area contributed by atoms with E-state index in [1.165, 1.54) is 0 Å². The predicted octanol–water partition coefficient (Wildman–Crippen LogP) is 4.59. The van der Waals surface area contributed by atoms with Gasteiger partial charge >= 0.3 is 0 Å². The number of allylic oxidation sites excluding steroid dienone is 16. The maximum atomic E-state index is 13.1. The van der Waals surface area contributed by atoms with Crippen molar-refractivity contribution in [2.24, 2.45) is 0 Å². The lowest BCUT2D eigenvalue weighted by atomic mass is 9.96. The summed E-state index contributed by atoms with van der Waals surface area (Å²) in [5.41, 5.74) is 0. The second kappa shape index (κ2) is 42.5. The Hall–Kier alpha value is -3.29. The number of ether oxygens (including phenoxy) is 6. The highest BCUT2D eigenvalue weighted by molar-refractivity contribution is 5.76. The van der Waals surface area contributed by atoms with Gasteiger partial charge in [-0.1, -0.05) is 156 Å². The number of carbonyl (C=O) groups is 1. The van der Waals surface area contributed by atoms with E-state index >= 15 is 0 Å². The van der Waals surface area contributed by atoms with Gasteiger partial charge in [0.25, 0.3) is 0 Å². The molecule has 17 atom stereocenters. The van der Waals surface area contributed by atoms with E-state index < -0.39 is 124 Å². The standard InChI is InChI=1S/C60H99NO18/c1-3-5-7-8-9-10-11-12-13-14-15-16-17-18-19-20-21-22-23-24-25-26-27-28-29-30-31-32-33-34-36-38-48(66)61-43(44(65)37-35-6-4-2)42-74-58-54(72)51(69)56(46(40-63)76-58)79-60-55(73)52(70)57(47(41-64)77-60)78-59-53(71)50(68)49(67)45(39-62)75-59/h5,7,9-10,12-13,15-16,18-19,21-22,24-25,27-28,43-47,49-60,62-65,67-73H,3-4,6,8,11,14,17,20,23,26,29-42H2,1-2H3,(H,61,66)/b7-5-,10-9-,13-12-,16-15-,19-18-,22-21-,25-24-,28-27-. The maximum Gasteiger partial charge on any atom is 0.220 e. The molecule has 79 heavy (non-hydrogen) atoms. The van der Waals surface area contributed by atoms with Gasteiger partial charge in [0.2, 0.25) is 5.91 Å². The van der Waals surface area contributed by atoms with Crippen molar-refractivity contribution in [2.45, 2.75) is 247 Å². The summed E-state index contributed by atoms with van der Waals surface area (Å²) in [5.74, 6) is -0.276. The number of hydrogen-bond acceptors (Lipinski definition) is 18. The molecule has 3 heterocycles. The zero-order valence-electron chi connectivity index (χ0n) is 46.8. The van der Waals surface area contributed by atoms with Gasteiger partial charge in [-0.05, 0) is 77.0 Å². The molecule has 3 saturated heterocycles. The second-order valence-corrected chi connectivity index (χ2v) is 20.4. The third kappa shape index (κ3) is 26.7. The fraction of sp³-hybridized carbons (Fsp3) is 0.717. The number of hydrogen-bond donors (Lipinski definition) is 12. The molecule has 3 aliphatic rings. The van der Waals surface area contributed by atoms with Gasteiger partial charge in [-0.3, -0.25) is 4.79 Å². The van der Waals surface area contributed by atoms with Crippen LogP contribution in [0.2, 0.25) is 0 Å².